The lowest BCUT2D eigenvalue weighted by molar-refractivity contribution is 0.659. The minimum absolute atomic E-state index is 0.331. The lowest BCUT2D eigenvalue weighted by Gasteiger charge is -2.08. The first-order valence-corrected chi connectivity index (χ1v) is 6.12. The van der Waals surface area contributed by atoms with Gasteiger partial charge in [0.15, 0.2) is 0 Å². The van der Waals surface area contributed by atoms with E-state index in [0.717, 1.165) is 16.7 Å². The Balaban J connectivity index is 1.82. The van der Waals surface area contributed by atoms with E-state index in [9.17, 15) is 0 Å². The van der Waals surface area contributed by atoms with E-state index < -0.39 is 0 Å². The van der Waals surface area contributed by atoms with Gasteiger partial charge in [0.25, 0.3) is 0 Å². The molecule has 4 heteroatoms. The smallest absolute Gasteiger partial charge is 0.0961 e. The van der Waals surface area contributed by atoms with E-state index in [-0.39, 0.29) is 0 Å². The molecule has 1 fully saturated rings. The van der Waals surface area contributed by atoms with Gasteiger partial charge in [-0.2, -0.15) is 0 Å². The van der Waals surface area contributed by atoms with Gasteiger partial charge in [-0.3, -0.25) is 0 Å². The van der Waals surface area contributed by atoms with Crippen molar-refractivity contribution in [2.75, 3.05) is 5.75 Å². The van der Waals surface area contributed by atoms with Crippen molar-refractivity contribution in [2.24, 2.45) is 11.7 Å². The van der Waals surface area contributed by atoms with Gasteiger partial charge in [-0.15, -0.1) is 11.8 Å². The molecule has 0 bridgehead atoms. The Kier molecular flexibility index (Phi) is 3.31. The molecule has 1 aliphatic carbocycles. The van der Waals surface area contributed by atoms with E-state index >= 15 is 0 Å². The Labute approximate surface area is 93.2 Å². The quantitative estimate of drug-likeness (QED) is 0.806. The number of nitrogens with zero attached hydrogens (tertiary/aromatic N) is 1. The van der Waals surface area contributed by atoms with Crippen molar-refractivity contribution in [1.29, 1.82) is 0 Å². The van der Waals surface area contributed by atoms with Crippen LogP contribution in [0.5, 0.6) is 0 Å². The fourth-order valence-electron chi connectivity index (χ4n) is 1.29. The van der Waals surface area contributed by atoms with Crippen molar-refractivity contribution in [3.05, 3.63) is 23.4 Å². The SMILES string of the molecule is NC(CSc1ccc(Cl)cn1)C1CC1. The third-order valence-corrected chi connectivity index (χ3v) is 3.66. The minimum Gasteiger partial charge on any atom is -0.327 e. The molecule has 1 aromatic rings. The molecule has 0 aliphatic heterocycles. The highest BCUT2D eigenvalue weighted by atomic mass is 35.5. The van der Waals surface area contributed by atoms with Crippen molar-refractivity contribution >= 4 is 23.4 Å². The van der Waals surface area contributed by atoms with E-state index in [1.807, 2.05) is 12.1 Å². The molecule has 1 heterocycles. The van der Waals surface area contributed by atoms with Crippen molar-refractivity contribution in [2.45, 2.75) is 23.9 Å². The Morgan fingerprint density at radius 1 is 1.57 bits per heavy atom. The van der Waals surface area contributed by atoms with Gasteiger partial charge in [-0.25, -0.2) is 4.98 Å². The highest BCUT2D eigenvalue weighted by Crippen LogP contribution is 2.33. The van der Waals surface area contributed by atoms with Crippen molar-refractivity contribution in [3.8, 4) is 0 Å². The van der Waals surface area contributed by atoms with Gasteiger partial charge < -0.3 is 5.73 Å². The summed E-state index contributed by atoms with van der Waals surface area (Å²) in [5, 5.41) is 1.69. The van der Waals surface area contributed by atoms with Gasteiger partial charge in [0.05, 0.1) is 10.0 Å². The Morgan fingerprint density at radius 3 is 2.93 bits per heavy atom. The topological polar surface area (TPSA) is 38.9 Å². The van der Waals surface area contributed by atoms with Crippen LogP contribution in [0.1, 0.15) is 12.8 Å². The van der Waals surface area contributed by atoms with Crippen LogP contribution in [-0.2, 0) is 0 Å². The second-order valence-electron chi connectivity index (χ2n) is 3.63. The first-order valence-electron chi connectivity index (χ1n) is 4.75. The molecule has 1 saturated carbocycles. The molecule has 76 valence electrons. The Hall–Kier alpha value is -0.250. The molecule has 1 unspecified atom stereocenters. The second kappa shape index (κ2) is 4.51. The van der Waals surface area contributed by atoms with Crippen LogP contribution < -0.4 is 5.73 Å². The summed E-state index contributed by atoms with van der Waals surface area (Å²) in [5.41, 5.74) is 5.98. The molecule has 1 aromatic heterocycles. The zero-order valence-electron chi connectivity index (χ0n) is 7.82. The van der Waals surface area contributed by atoms with Gasteiger partial charge in [0, 0.05) is 18.0 Å². The number of aromatic nitrogens is 1. The lowest BCUT2D eigenvalue weighted by Crippen LogP contribution is -2.25. The Bertz CT molecular complexity index is 297. The van der Waals surface area contributed by atoms with Crippen LogP contribution in [0.3, 0.4) is 0 Å². The summed E-state index contributed by atoms with van der Waals surface area (Å²) in [6, 6.07) is 4.13. The summed E-state index contributed by atoms with van der Waals surface area (Å²) in [7, 11) is 0. The first-order chi connectivity index (χ1) is 6.75. The van der Waals surface area contributed by atoms with Gasteiger partial charge in [-0.1, -0.05) is 11.6 Å². The molecule has 1 atom stereocenters. The maximum atomic E-state index is 5.98. The fourth-order valence-corrected chi connectivity index (χ4v) is 2.33. The predicted molar refractivity (Wildman–Crippen MR) is 60.7 cm³/mol. The van der Waals surface area contributed by atoms with Gasteiger partial charge in [-0.05, 0) is 30.9 Å². The molecular weight excluding hydrogens is 216 g/mol. The molecule has 0 amide bonds. The molecule has 1 aliphatic rings. The van der Waals surface area contributed by atoms with Crippen LogP contribution in [-0.4, -0.2) is 16.8 Å². The second-order valence-corrected chi connectivity index (χ2v) is 5.10. The van der Waals surface area contributed by atoms with Crippen LogP contribution in [0, 0.1) is 5.92 Å². The zero-order chi connectivity index (χ0) is 9.97. The number of pyridine rings is 1. The van der Waals surface area contributed by atoms with Crippen LogP contribution in [0.25, 0.3) is 0 Å². The van der Waals surface area contributed by atoms with E-state index in [4.69, 9.17) is 17.3 Å². The summed E-state index contributed by atoms with van der Waals surface area (Å²) in [4.78, 5) is 4.21. The zero-order valence-corrected chi connectivity index (χ0v) is 9.39. The standard InChI is InChI=1S/C10H13ClN2S/c11-8-3-4-10(13-5-8)14-6-9(12)7-1-2-7/h3-5,7,9H,1-2,6,12H2. The maximum Gasteiger partial charge on any atom is 0.0961 e. The fraction of sp³-hybridized carbons (Fsp3) is 0.500. The highest BCUT2D eigenvalue weighted by Gasteiger charge is 2.28. The van der Waals surface area contributed by atoms with E-state index in [0.29, 0.717) is 11.1 Å². The average molecular weight is 229 g/mol. The van der Waals surface area contributed by atoms with Gasteiger partial charge >= 0.3 is 0 Å². The third-order valence-electron chi connectivity index (χ3n) is 2.35. The normalized spacial score (nSPS) is 18.1. The number of hydrogen-bond acceptors (Lipinski definition) is 3. The third kappa shape index (κ3) is 2.87. The molecule has 14 heavy (non-hydrogen) atoms. The summed E-state index contributed by atoms with van der Waals surface area (Å²) in [6.45, 7) is 0. The van der Waals surface area contributed by atoms with Crippen molar-refractivity contribution in [3.63, 3.8) is 0 Å². The summed E-state index contributed by atoms with van der Waals surface area (Å²) < 4.78 is 0. The van der Waals surface area contributed by atoms with Crippen LogP contribution in [0.4, 0.5) is 0 Å². The number of thioether (sulfide) groups is 1. The van der Waals surface area contributed by atoms with Crippen molar-refractivity contribution in [1.82, 2.24) is 4.98 Å². The van der Waals surface area contributed by atoms with Crippen LogP contribution in [0.2, 0.25) is 5.02 Å². The summed E-state index contributed by atoms with van der Waals surface area (Å²) >= 11 is 7.45. The van der Waals surface area contributed by atoms with Crippen LogP contribution >= 0.6 is 23.4 Å². The van der Waals surface area contributed by atoms with Gasteiger partial charge in [0.1, 0.15) is 0 Å². The molecule has 2 N–H and O–H groups in total. The molecule has 2 rings (SSSR count). The predicted octanol–water partition coefficient (Wildman–Crippen LogP) is 2.56. The Morgan fingerprint density at radius 2 is 2.36 bits per heavy atom. The molecule has 0 spiro atoms. The van der Waals surface area contributed by atoms with Crippen LogP contribution in [0.15, 0.2) is 23.4 Å². The molecule has 0 saturated heterocycles. The van der Waals surface area contributed by atoms with E-state index in [2.05, 4.69) is 4.98 Å². The number of hydrogen-bond donors (Lipinski definition) is 1. The number of halogens is 1. The molecule has 2 nitrogen and oxygen atoms in total. The van der Waals surface area contributed by atoms with Gasteiger partial charge in [0.2, 0.25) is 0 Å². The summed E-state index contributed by atoms with van der Waals surface area (Å²) in [5.74, 6) is 1.72. The molecule has 0 aromatic carbocycles. The first kappa shape index (κ1) is 10.3. The lowest BCUT2D eigenvalue weighted by atomic mass is 10.2. The van der Waals surface area contributed by atoms with E-state index in [1.165, 1.54) is 12.8 Å². The van der Waals surface area contributed by atoms with Crippen molar-refractivity contribution < 1.29 is 0 Å². The van der Waals surface area contributed by atoms with E-state index in [1.54, 1.807) is 18.0 Å². The minimum atomic E-state index is 0.331. The number of rotatable bonds is 4. The molecule has 0 radical (unpaired) electrons. The average Bonchev–Trinajstić information content (AvgIpc) is 3.00. The largest absolute Gasteiger partial charge is 0.327 e. The monoisotopic (exact) mass is 228 g/mol. The molecular formula is C10H13ClN2S. The number of nitrogens with two attached hydrogens (primary N) is 1. The summed E-state index contributed by atoms with van der Waals surface area (Å²) in [6.07, 6.45) is 4.28. The highest BCUT2D eigenvalue weighted by molar-refractivity contribution is 7.99. The maximum absolute atomic E-state index is 5.98.